The Morgan fingerprint density at radius 2 is 1.83 bits per heavy atom. The van der Waals surface area contributed by atoms with Crippen LogP contribution < -0.4 is 0 Å². The fourth-order valence-electron chi connectivity index (χ4n) is 3.00. The molecule has 3 aromatic rings. The molecule has 0 aliphatic heterocycles. The second-order valence-corrected chi connectivity index (χ2v) is 9.16. The minimum Gasteiger partial charge on any atom is -0.332 e. The number of carbonyl (C=O) groups excluding carboxylic acids is 2. The molecule has 0 atom stereocenters. The summed E-state index contributed by atoms with van der Waals surface area (Å²) in [6.45, 7) is 6.74. The molecule has 4 nitrogen and oxygen atoms in total. The molecule has 0 saturated carbocycles. The highest BCUT2D eigenvalue weighted by Gasteiger charge is 2.23. The molecule has 0 bridgehead atoms. The van der Waals surface area contributed by atoms with Crippen LogP contribution >= 0.6 is 22.7 Å². The first-order valence-electron chi connectivity index (χ1n) is 9.47. The highest BCUT2D eigenvalue weighted by Crippen LogP contribution is 2.20. The van der Waals surface area contributed by atoms with Gasteiger partial charge in [0.25, 0.3) is 5.91 Å². The molecule has 3 rings (SSSR count). The van der Waals surface area contributed by atoms with Crippen LogP contribution in [0.4, 0.5) is 4.39 Å². The van der Waals surface area contributed by atoms with Gasteiger partial charge in [0.2, 0.25) is 5.91 Å². The van der Waals surface area contributed by atoms with Crippen LogP contribution in [0.2, 0.25) is 0 Å². The van der Waals surface area contributed by atoms with Crippen molar-refractivity contribution in [2.75, 3.05) is 13.1 Å². The summed E-state index contributed by atoms with van der Waals surface area (Å²) in [5.74, 6) is -0.673. The van der Waals surface area contributed by atoms with Crippen molar-refractivity contribution in [3.05, 3.63) is 92.6 Å². The molecular formula is C23H23FN2O2S2. The van der Waals surface area contributed by atoms with Crippen LogP contribution in [0.5, 0.6) is 0 Å². The number of carbonyl (C=O) groups is 2. The van der Waals surface area contributed by atoms with Crippen LogP contribution in [-0.2, 0) is 17.9 Å². The van der Waals surface area contributed by atoms with E-state index in [4.69, 9.17) is 0 Å². The lowest BCUT2D eigenvalue weighted by atomic mass is 10.2. The molecule has 0 aliphatic carbocycles. The van der Waals surface area contributed by atoms with Crippen LogP contribution in [0.25, 0.3) is 0 Å². The van der Waals surface area contributed by atoms with Crippen molar-refractivity contribution < 1.29 is 14.0 Å². The third kappa shape index (κ3) is 5.87. The summed E-state index contributed by atoms with van der Waals surface area (Å²) in [6, 6.07) is 13.7. The minimum absolute atomic E-state index is 0.0473. The van der Waals surface area contributed by atoms with Gasteiger partial charge in [-0.3, -0.25) is 9.59 Å². The predicted octanol–water partition coefficient (Wildman–Crippen LogP) is 5.11. The zero-order chi connectivity index (χ0) is 21.5. The summed E-state index contributed by atoms with van der Waals surface area (Å²) in [5.41, 5.74) is 0.831. The first-order valence-corrected chi connectivity index (χ1v) is 11.2. The number of thiophene rings is 2. The van der Waals surface area contributed by atoms with Crippen molar-refractivity contribution in [2.45, 2.75) is 20.0 Å². The molecule has 0 saturated heterocycles. The summed E-state index contributed by atoms with van der Waals surface area (Å²) in [6.07, 6.45) is 1.62. The highest BCUT2D eigenvalue weighted by molar-refractivity contribution is 7.12. The van der Waals surface area contributed by atoms with Gasteiger partial charge in [0.1, 0.15) is 12.4 Å². The van der Waals surface area contributed by atoms with Gasteiger partial charge in [0, 0.05) is 22.8 Å². The largest absolute Gasteiger partial charge is 0.332 e. The van der Waals surface area contributed by atoms with E-state index in [2.05, 4.69) is 6.58 Å². The van der Waals surface area contributed by atoms with E-state index in [1.54, 1.807) is 40.5 Å². The van der Waals surface area contributed by atoms with E-state index in [9.17, 15) is 14.0 Å². The number of aryl methyl sites for hydroxylation is 1. The molecule has 2 aromatic heterocycles. The van der Waals surface area contributed by atoms with Crippen LogP contribution in [0.1, 0.15) is 25.0 Å². The van der Waals surface area contributed by atoms with Crippen molar-refractivity contribution in [1.29, 1.82) is 0 Å². The first kappa shape index (κ1) is 21.9. The van der Waals surface area contributed by atoms with E-state index in [0.717, 1.165) is 10.4 Å². The smallest absolute Gasteiger partial charge is 0.264 e. The molecule has 7 heteroatoms. The minimum atomic E-state index is -0.316. The topological polar surface area (TPSA) is 40.6 Å². The van der Waals surface area contributed by atoms with Gasteiger partial charge in [-0.05, 0) is 48.2 Å². The number of halogens is 1. The maximum atomic E-state index is 13.3. The third-order valence-electron chi connectivity index (χ3n) is 4.48. The van der Waals surface area contributed by atoms with E-state index >= 15 is 0 Å². The summed E-state index contributed by atoms with van der Waals surface area (Å²) in [7, 11) is 0. The molecule has 1 aromatic carbocycles. The van der Waals surface area contributed by atoms with Gasteiger partial charge in [0.05, 0.1) is 11.4 Å². The highest BCUT2D eigenvalue weighted by atomic mass is 32.1. The Morgan fingerprint density at radius 1 is 1.07 bits per heavy atom. The van der Waals surface area contributed by atoms with Crippen LogP contribution in [0, 0.1) is 12.7 Å². The van der Waals surface area contributed by atoms with Crippen molar-refractivity contribution in [2.24, 2.45) is 0 Å². The number of nitrogens with zero attached hydrogens (tertiary/aromatic N) is 2. The van der Waals surface area contributed by atoms with Gasteiger partial charge >= 0.3 is 0 Å². The lowest BCUT2D eigenvalue weighted by Crippen LogP contribution is -2.42. The summed E-state index contributed by atoms with van der Waals surface area (Å²) in [4.78, 5) is 32.0. The lowest BCUT2D eigenvalue weighted by molar-refractivity contribution is -0.133. The van der Waals surface area contributed by atoms with Gasteiger partial charge in [-0.2, -0.15) is 0 Å². The molecule has 156 valence electrons. The van der Waals surface area contributed by atoms with Crippen LogP contribution in [0.3, 0.4) is 0 Å². The maximum absolute atomic E-state index is 13.3. The van der Waals surface area contributed by atoms with E-state index in [1.165, 1.54) is 33.2 Å². The van der Waals surface area contributed by atoms with E-state index in [1.807, 2.05) is 30.5 Å². The Kier molecular flexibility index (Phi) is 7.54. The third-order valence-corrected chi connectivity index (χ3v) is 6.32. The Labute approximate surface area is 183 Å². The zero-order valence-corrected chi connectivity index (χ0v) is 18.3. The molecule has 0 N–H and O–H groups in total. The molecule has 0 unspecified atom stereocenters. The van der Waals surface area contributed by atoms with E-state index in [0.29, 0.717) is 18.0 Å². The Balaban J connectivity index is 1.79. The van der Waals surface area contributed by atoms with E-state index < -0.39 is 0 Å². The SMILES string of the molecule is C=CCN(CC(=O)N(Cc1ccc(F)cc1)Cc1ccc(C)s1)C(=O)c1cccs1. The van der Waals surface area contributed by atoms with Gasteiger partial charge < -0.3 is 9.80 Å². The summed E-state index contributed by atoms with van der Waals surface area (Å²) >= 11 is 2.98. The second kappa shape index (κ2) is 10.3. The fourth-order valence-corrected chi connectivity index (χ4v) is 4.59. The number of amides is 2. The maximum Gasteiger partial charge on any atom is 0.264 e. The number of hydrogen-bond donors (Lipinski definition) is 0. The average molecular weight is 443 g/mol. The summed E-state index contributed by atoms with van der Waals surface area (Å²) < 4.78 is 13.3. The normalized spacial score (nSPS) is 10.6. The molecular weight excluding hydrogens is 419 g/mol. The van der Waals surface area contributed by atoms with Gasteiger partial charge in [-0.25, -0.2) is 4.39 Å². The molecule has 0 spiro atoms. The van der Waals surface area contributed by atoms with Crippen LogP contribution in [-0.4, -0.2) is 34.7 Å². The molecule has 0 radical (unpaired) electrons. The fraction of sp³-hybridized carbons (Fsp3) is 0.217. The quantitative estimate of drug-likeness (QED) is 0.432. The predicted molar refractivity (Wildman–Crippen MR) is 120 cm³/mol. The Hall–Kier alpha value is -2.77. The van der Waals surface area contributed by atoms with Crippen LogP contribution in [0.15, 0.2) is 66.6 Å². The lowest BCUT2D eigenvalue weighted by Gasteiger charge is -2.27. The van der Waals surface area contributed by atoms with E-state index in [-0.39, 0.29) is 30.7 Å². The molecule has 0 aliphatic rings. The van der Waals surface area contributed by atoms with Gasteiger partial charge in [-0.15, -0.1) is 29.3 Å². The van der Waals surface area contributed by atoms with Crippen molar-refractivity contribution >= 4 is 34.5 Å². The molecule has 30 heavy (non-hydrogen) atoms. The Morgan fingerprint density at radius 3 is 2.43 bits per heavy atom. The number of benzene rings is 1. The molecule has 2 heterocycles. The monoisotopic (exact) mass is 442 g/mol. The van der Waals surface area contributed by atoms with Crippen molar-refractivity contribution in [3.63, 3.8) is 0 Å². The molecule has 2 amide bonds. The summed E-state index contributed by atoms with van der Waals surface area (Å²) in [5, 5.41) is 1.83. The first-order chi connectivity index (χ1) is 14.5. The Bertz CT molecular complexity index is 997. The number of rotatable bonds is 9. The van der Waals surface area contributed by atoms with Gasteiger partial charge in [-0.1, -0.05) is 24.3 Å². The molecule has 0 fully saturated rings. The van der Waals surface area contributed by atoms with Crippen molar-refractivity contribution in [3.8, 4) is 0 Å². The van der Waals surface area contributed by atoms with Gasteiger partial charge in [0.15, 0.2) is 0 Å². The standard InChI is InChI=1S/C23H23FN2O2S2/c1-3-12-25(23(28)21-5-4-13-29-21)16-22(27)26(15-20-11-6-17(2)30-20)14-18-7-9-19(24)10-8-18/h3-11,13H,1,12,14-16H2,2H3. The van der Waals surface area contributed by atoms with Crippen molar-refractivity contribution in [1.82, 2.24) is 9.80 Å². The zero-order valence-electron chi connectivity index (χ0n) is 16.7. The average Bonchev–Trinajstić information content (AvgIpc) is 3.40. The second-order valence-electron chi connectivity index (χ2n) is 6.84. The number of hydrogen-bond acceptors (Lipinski definition) is 4.